The second-order valence-corrected chi connectivity index (χ2v) is 3.72. The summed E-state index contributed by atoms with van der Waals surface area (Å²) in [5.41, 5.74) is 0.938. The molecule has 86 valence electrons. The third-order valence-corrected chi connectivity index (χ3v) is 2.63. The molecule has 0 spiro atoms. The molecular formula is C13H14N4. The molecule has 0 bridgehead atoms. The van der Waals surface area contributed by atoms with Gasteiger partial charge >= 0.3 is 0 Å². The zero-order chi connectivity index (χ0) is 12.1. The van der Waals surface area contributed by atoms with E-state index in [1.54, 1.807) is 0 Å². The van der Waals surface area contributed by atoms with Crippen molar-refractivity contribution in [3.63, 3.8) is 0 Å². The molecule has 1 heterocycles. The van der Waals surface area contributed by atoms with E-state index in [0.717, 1.165) is 17.4 Å². The van der Waals surface area contributed by atoms with E-state index in [4.69, 9.17) is 5.26 Å². The van der Waals surface area contributed by atoms with Crippen molar-refractivity contribution in [3.8, 4) is 6.07 Å². The fourth-order valence-corrected chi connectivity index (χ4v) is 1.70. The van der Waals surface area contributed by atoms with Gasteiger partial charge in [-0.25, -0.2) is 9.97 Å². The van der Waals surface area contributed by atoms with Crippen LogP contribution in [0.1, 0.15) is 13.3 Å². The molecule has 1 aromatic carbocycles. The lowest BCUT2D eigenvalue weighted by Crippen LogP contribution is -2.25. The first-order chi connectivity index (χ1) is 8.35. The molecule has 0 radical (unpaired) electrons. The van der Waals surface area contributed by atoms with Gasteiger partial charge in [0.1, 0.15) is 0 Å². The van der Waals surface area contributed by atoms with Gasteiger partial charge in [0.25, 0.3) is 0 Å². The van der Waals surface area contributed by atoms with E-state index < -0.39 is 0 Å². The maximum Gasteiger partial charge on any atom is 0.225 e. The first-order valence-corrected chi connectivity index (χ1v) is 5.69. The zero-order valence-corrected chi connectivity index (χ0v) is 9.80. The molecule has 2 rings (SSSR count). The van der Waals surface area contributed by atoms with Gasteiger partial charge in [0.2, 0.25) is 5.95 Å². The topological polar surface area (TPSA) is 52.8 Å². The Balaban J connectivity index is 2.31. The summed E-state index contributed by atoms with van der Waals surface area (Å²) < 4.78 is 0. The average Bonchev–Trinajstić information content (AvgIpc) is 2.39. The number of nitrogens with zero attached hydrogens (tertiary/aromatic N) is 4. The maximum atomic E-state index is 8.61. The Morgan fingerprint density at radius 1 is 1.35 bits per heavy atom. The lowest BCUT2D eigenvalue weighted by molar-refractivity contribution is 0.794. The Morgan fingerprint density at radius 3 is 2.94 bits per heavy atom. The summed E-state index contributed by atoms with van der Waals surface area (Å²) in [5, 5.41) is 9.65. The predicted octanol–water partition coefficient (Wildman–Crippen LogP) is 2.37. The molecular weight excluding hydrogens is 212 g/mol. The second kappa shape index (κ2) is 5.26. The highest BCUT2D eigenvalue weighted by molar-refractivity contribution is 5.78. The van der Waals surface area contributed by atoms with Crippen molar-refractivity contribution in [2.75, 3.05) is 18.0 Å². The lowest BCUT2D eigenvalue weighted by atomic mass is 10.2. The standard InChI is InChI=1S/C13H14N4/c1-2-17(9-5-8-14)13-15-10-11-6-3-4-7-12(11)16-13/h3-4,6-7,10H,2,5,9H2,1H3. The largest absolute Gasteiger partial charge is 0.340 e. The minimum absolute atomic E-state index is 0.490. The molecule has 2 aromatic rings. The SMILES string of the molecule is CCN(CCC#N)c1ncc2ccccc2n1. The van der Waals surface area contributed by atoms with Crippen LogP contribution in [0.2, 0.25) is 0 Å². The van der Waals surface area contributed by atoms with E-state index in [2.05, 4.69) is 16.0 Å². The van der Waals surface area contributed by atoms with E-state index in [9.17, 15) is 0 Å². The van der Waals surface area contributed by atoms with Gasteiger partial charge in [-0.1, -0.05) is 18.2 Å². The first-order valence-electron chi connectivity index (χ1n) is 5.69. The highest BCUT2D eigenvalue weighted by Gasteiger charge is 2.07. The van der Waals surface area contributed by atoms with E-state index in [1.807, 2.05) is 42.3 Å². The van der Waals surface area contributed by atoms with Gasteiger partial charge in [0.05, 0.1) is 18.0 Å². The molecule has 0 fully saturated rings. The highest BCUT2D eigenvalue weighted by Crippen LogP contribution is 2.14. The van der Waals surface area contributed by atoms with Crippen LogP contribution >= 0.6 is 0 Å². The average molecular weight is 226 g/mol. The minimum Gasteiger partial charge on any atom is -0.340 e. The normalized spacial score (nSPS) is 10.1. The van der Waals surface area contributed by atoms with Crippen LogP contribution in [-0.4, -0.2) is 23.1 Å². The molecule has 0 amide bonds. The van der Waals surface area contributed by atoms with Crippen LogP contribution < -0.4 is 4.90 Å². The van der Waals surface area contributed by atoms with Crippen molar-refractivity contribution in [1.82, 2.24) is 9.97 Å². The number of para-hydroxylation sites is 1. The number of hydrogen-bond acceptors (Lipinski definition) is 4. The number of benzene rings is 1. The number of aromatic nitrogens is 2. The Morgan fingerprint density at radius 2 is 2.18 bits per heavy atom. The van der Waals surface area contributed by atoms with Crippen LogP contribution in [-0.2, 0) is 0 Å². The molecule has 0 N–H and O–H groups in total. The fourth-order valence-electron chi connectivity index (χ4n) is 1.70. The molecule has 0 aliphatic rings. The van der Waals surface area contributed by atoms with E-state index >= 15 is 0 Å². The summed E-state index contributed by atoms with van der Waals surface area (Å²) in [5.74, 6) is 0.696. The summed E-state index contributed by atoms with van der Waals surface area (Å²) in [6, 6.07) is 10.0. The smallest absolute Gasteiger partial charge is 0.225 e. The predicted molar refractivity (Wildman–Crippen MR) is 67.7 cm³/mol. The Kier molecular flexibility index (Phi) is 3.51. The number of rotatable bonds is 4. The van der Waals surface area contributed by atoms with Gasteiger partial charge in [-0.3, -0.25) is 0 Å². The van der Waals surface area contributed by atoms with Crippen LogP contribution in [0.5, 0.6) is 0 Å². The monoisotopic (exact) mass is 226 g/mol. The maximum absolute atomic E-state index is 8.61. The van der Waals surface area contributed by atoms with Crippen molar-refractivity contribution in [2.24, 2.45) is 0 Å². The lowest BCUT2D eigenvalue weighted by Gasteiger charge is -2.19. The first kappa shape index (κ1) is 11.3. The third kappa shape index (κ3) is 2.51. The summed E-state index contributed by atoms with van der Waals surface area (Å²) >= 11 is 0. The quantitative estimate of drug-likeness (QED) is 0.803. The van der Waals surface area contributed by atoms with Crippen LogP contribution in [0.4, 0.5) is 5.95 Å². The second-order valence-electron chi connectivity index (χ2n) is 3.72. The van der Waals surface area contributed by atoms with Crippen molar-refractivity contribution < 1.29 is 0 Å². The zero-order valence-electron chi connectivity index (χ0n) is 9.80. The Bertz CT molecular complexity index is 544. The molecule has 0 unspecified atom stereocenters. The molecule has 0 atom stereocenters. The highest BCUT2D eigenvalue weighted by atomic mass is 15.2. The Hall–Kier alpha value is -2.15. The van der Waals surface area contributed by atoms with Crippen LogP contribution in [0.25, 0.3) is 10.9 Å². The molecule has 17 heavy (non-hydrogen) atoms. The van der Waals surface area contributed by atoms with Crippen molar-refractivity contribution >= 4 is 16.9 Å². The number of fused-ring (bicyclic) bond motifs is 1. The minimum atomic E-state index is 0.490. The van der Waals surface area contributed by atoms with E-state index in [1.165, 1.54) is 0 Å². The number of anilines is 1. The van der Waals surface area contributed by atoms with E-state index in [0.29, 0.717) is 18.9 Å². The van der Waals surface area contributed by atoms with Crippen LogP contribution in [0.3, 0.4) is 0 Å². The summed E-state index contributed by atoms with van der Waals surface area (Å²) in [7, 11) is 0. The van der Waals surface area contributed by atoms with E-state index in [-0.39, 0.29) is 0 Å². The van der Waals surface area contributed by atoms with Crippen LogP contribution in [0.15, 0.2) is 30.5 Å². The van der Waals surface area contributed by atoms with Gasteiger partial charge in [0.15, 0.2) is 0 Å². The van der Waals surface area contributed by atoms with Gasteiger partial charge in [-0.15, -0.1) is 0 Å². The van der Waals surface area contributed by atoms with Gasteiger partial charge in [-0.2, -0.15) is 5.26 Å². The molecule has 1 aromatic heterocycles. The van der Waals surface area contributed by atoms with Gasteiger partial charge in [0, 0.05) is 24.7 Å². The Labute approximate surface area is 101 Å². The molecule has 4 nitrogen and oxygen atoms in total. The van der Waals surface area contributed by atoms with Gasteiger partial charge in [-0.05, 0) is 13.0 Å². The number of hydrogen-bond donors (Lipinski definition) is 0. The summed E-state index contributed by atoms with van der Waals surface area (Å²) in [4.78, 5) is 10.9. The third-order valence-electron chi connectivity index (χ3n) is 2.63. The van der Waals surface area contributed by atoms with Gasteiger partial charge < -0.3 is 4.90 Å². The molecule has 0 saturated carbocycles. The fraction of sp³-hybridized carbons (Fsp3) is 0.308. The molecule has 0 aliphatic heterocycles. The molecule has 0 aliphatic carbocycles. The summed E-state index contributed by atoms with van der Waals surface area (Å²) in [6.45, 7) is 3.52. The van der Waals surface area contributed by atoms with Crippen LogP contribution in [0, 0.1) is 11.3 Å². The molecule has 0 saturated heterocycles. The summed E-state index contributed by atoms with van der Waals surface area (Å²) in [6.07, 6.45) is 2.32. The number of nitriles is 1. The van der Waals surface area contributed by atoms with Crippen molar-refractivity contribution in [1.29, 1.82) is 5.26 Å². The molecule has 4 heteroatoms. The van der Waals surface area contributed by atoms with Crippen molar-refractivity contribution in [2.45, 2.75) is 13.3 Å². The van der Waals surface area contributed by atoms with Crippen molar-refractivity contribution in [3.05, 3.63) is 30.5 Å².